The molecule has 3 fully saturated rings. The molecule has 0 spiro atoms. The van der Waals surface area contributed by atoms with Crippen LogP contribution in [-0.4, -0.2) is 88.6 Å². The molecule has 0 bridgehead atoms. The number of allylic oxidation sites excluding steroid dienone is 1. The average Bonchev–Trinajstić information content (AvgIpc) is 3.18. The largest absolute Gasteiger partial charge is 0.479 e. The van der Waals surface area contributed by atoms with Gasteiger partial charge in [0, 0.05) is 30.8 Å². The molecule has 3 rings (SSSR count). The van der Waals surface area contributed by atoms with Crippen LogP contribution in [0.1, 0.15) is 85.5 Å². The number of ether oxygens (including phenoxy) is 1. The lowest BCUT2D eigenvalue weighted by molar-refractivity contribution is -0.145. The maximum Gasteiger partial charge on any atom is 0.407 e. The van der Waals surface area contributed by atoms with Gasteiger partial charge in [-0.05, 0) is 38.5 Å². The lowest BCUT2D eigenvalue weighted by Crippen LogP contribution is -2.54. The summed E-state index contributed by atoms with van der Waals surface area (Å²) < 4.78 is 5.61. The van der Waals surface area contributed by atoms with Gasteiger partial charge in [0.15, 0.2) is 0 Å². The fourth-order valence-corrected chi connectivity index (χ4v) is 5.38. The SMILES string of the molecule is CCCCC/C=C\C1C[C@]1(NC(=O)[C@@H]1CCCN1C(=O)CNC(=O)O[C@H](CN1CCCC1=O)C(C)(C)C)C(=O)O. The molecule has 11 nitrogen and oxygen atoms in total. The second-order valence-electron chi connectivity index (χ2n) is 12.3. The number of aliphatic carboxylic acids is 1. The predicted molar refractivity (Wildman–Crippen MR) is 148 cm³/mol. The van der Waals surface area contributed by atoms with E-state index in [1.165, 1.54) is 4.90 Å². The topological polar surface area (TPSA) is 145 Å². The van der Waals surface area contributed by atoms with E-state index in [9.17, 15) is 29.1 Å². The van der Waals surface area contributed by atoms with Crippen LogP contribution in [0.25, 0.3) is 0 Å². The zero-order valence-electron chi connectivity index (χ0n) is 24.4. The molecule has 40 heavy (non-hydrogen) atoms. The first-order valence-corrected chi connectivity index (χ1v) is 14.6. The number of hydrogen-bond acceptors (Lipinski definition) is 6. The Bertz CT molecular complexity index is 991. The van der Waals surface area contributed by atoms with Gasteiger partial charge in [-0.3, -0.25) is 14.4 Å². The maximum atomic E-state index is 13.1. The number of carbonyl (C=O) groups excluding carboxylic acids is 4. The van der Waals surface area contributed by atoms with Crippen molar-refractivity contribution in [3.05, 3.63) is 12.2 Å². The number of carboxylic acids is 1. The number of carboxylic acid groups (broad SMARTS) is 1. The molecule has 1 unspecified atom stereocenters. The van der Waals surface area contributed by atoms with E-state index in [0.29, 0.717) is 45.3 Å². The van der Waals surface area contributed by atoms with Gasteiger partial charge >= 0.3 is 12.1 Å². The summed E-state index contributed by atoms with van der Waals surface area (Å²) in [6.45, 7) is 8.79. The molecule has 4 amide bonds. The van der Waals surface area contributed by atoms with Crippen molar-refractivity contribution in [1.29, 1.82) is 0 Å². The Labute approximate surface area is 237 Å². The minimum Gasteiger partial charge on any atom is -0.479 e. The van der Waals surface area contributed by atoms with Crippen molar-refractivity contribution < 1.29 is 33.8 Å². The molecule has 2 heterocycles. The van der Waals surface area contributed by atoms with E-state index < -0.39 is 47.0 Å². The number of carbonyl (C=O) groups is 5. The lowest BCUT2D eigenvalue weighted by Gasteiger charge is -2.33. The van der Waals surface area contributed by atoms with Crippen LogP contribution in [0.15, 0.2) is 12.2 Å². The van der Waals surface area contributed by atoms with Gasteiger partial charge in [0.25, 0.3) is 0 Å². The smallest absolute Gasteiger partial charge is 0.407 e. The van der Waals surface area contributed by atoms with Crippen LogP contribution in [0, 0.1) is 11.3 Å². The van der Waals surface area contributed by atoms with Crippen molar-refractivity contribution in [2.75, 3.05) is 26.2 Å². The molecule has 1 saturated carbocycles. The van der Waals surface area contributed by atoms with Gasteiger partial charge in [0.05, 0.1) is 6.54 Å². The van der Waals surface area contributed by atoms with Crippen LogP contribution in [-0.2, 0) is 23.9 Å². The third-order valence-corrected chi connectivity index (χ3v) is 8.12. The van der Waals surface area contributed by atoms with Crippen molar-refractivity contribution in [1.82, 2.24) is 20.4 Å². The lowest BCUT2D eigenvalue weighted by atomic mass is 9.88. The first-order chi connectivity index (χ1) is 18.9. The average molecular weight is 563 g/mol. The second-order valence-corrected chi connectivity index (χ2v) is 12.3. The predicted octanol–water partition coefficient (Wildman–Crippen LogP) is 2.84. The van der Waals surface area contributed by atoms with Gasteiger partial charge in [-0.25, -0.2) is 9.59 Å². The van der Waals surface area contributed by atoms with Gasteiger partial charge in [-0.15, -0.1) is 0 Å². The van der Waals surface area contributed by atoms with Crippen molar-refractivity contribution >= 4 is 29.8 Å². The molecular weight excluding hydrogens is 516 g/mol. The number of unbranched alkanes of at least 4 members (excludes halogenated alkanes) is 3. The summed E-state index contributed by atoms with van der Waals surface area (Å²) in [6.07, 6.45) is 9.30. The van der Waals surface area contributed by atoms with Gasteiger partial charge < -0.3 is 30.3 Å². The highest BCUT2D eigenvalue weighted by Gasteiger charge is 2.61. The zero-order chi connectivity index (χ0) is 29.5. The number of hydrogen-bond donors (Lipinski definition) is 3. The van der Waals surface area contributed by atoms with E-state index in [4.69, 9.17) is 4.74 Å². The van der Waals surface area contributed by atoms with Gasteiger partial charge in [-0.2, -0.15) is 0 Å². The van der Waals surface area contributed by atoms with Crippen LogP contribution >= 0.6 is 0 Å². The summed E-state index contributed by atoms with van der Waals surface area (Å²) in [4.78, 5) is 65.9. The van der Waals surface area contributed by atoms with E-state index in [1.807, 2.05) is 32.9 Å². The molecule has 4 atom stereocenters. The van der Waals surface area contributed by atoms with Crippen LogP contribution in [0.4, 0.5) is 4.79 Å². The van der Waals surface area contributed by atoms with Gasteiger partial charge in [0.1, 0.15) is 24.2 Å². The Hall–Kier alpha value is -3.11. The molecule has 224 valence electrons. The number of likely N-dealkylation sites (tertiary alicyclic amines) is 2. The first kappa shape index (κ1) is 31.4. The summed E-state index contributed by atoms with van der Waals surface area (Å²) in [5, 5.41) is 15.1. The molecule has 3 N–H and O–H groups in total. The van der Waals surface area contributed by atoms with Crippen molar-refractivity contribution in [2.24, 2.45) is 11.3 Å². The summed E-state index contributed by atoms with van der Waals surface area (Å²) in [7, 11) is 0. The fourth-order valence-electron chi connectivity index (χ4n) is 5.38. The maximum absolute atomic E-state index is 13.1. The second kappa shape index (κ2) is 13.5. The summed E-state index contributed by atoms with van der Waals surface area (Å²) in [5.74, 6) is -2.24. The highest BCUT2D eigenvalue weighted by molar-refractivity contribution is 5.95. The highest BCUT2D eigenvalue weighted by atomic mass is 16.6. The number of nitrogens with zero attached hydrogens (tertiary/aromatic N) is 2. The molecular formula is C29H46N4O7. The van der Waals surface area contributed by atoms with E-state index in [0.717, 1.165) is 32.1 Å². The number of amides is 4. The molecule has 0 aromatic carbocycles. The Kier molecular flexibility index (Phi) is 10.6. The zero-order valence-corrected chi connectivity index (χ0v) is 24.4. The number of rotatable bonds is 13. The quantitative estimate of drug-likeness (QED) is 0.231. The molecule has 1 aliphatic carbocycles. The van der Waals surface area contributed by atoms with Gasteiger partial charge in [-0.1, -0.05) is 52.7 Å². The fraction of sp³-hybridized carbons (Fsp3) is 0.759. The summed E-state index contributed by atoms with van der Waals surface area (Å²) >= 11 is 0. The number of alkyl carbamates (subject to hydrolysis) is 1. The van der Waals surface area contributed by atoms with Crippen molar-refractivity contribution in [3.63, 3.8) is 0 Å². The van der Waals surface area contributed by atoms with E-state index in [-0.39, 0.29) is 18.4 Å². The molecule has 0 aromatic rings. The van der Waals surface area contributed by atoms with Crippen LogP contribution in [0.5, 0.6) is 0 Å². The van der Waals surface area contributed by atoms with E-state index in [2.05, 4.69) is 17.6 Å². The normalized spacial score (nSPS) is 25.2. The summed E-state index contributed by atoms with van der Waals surface area (Å²) in [6, 6.07) is -0.792. The Morgan fingerprint density at radius 3 is 2.55 bits per heavy atom. The molecule has 3 aliphatic rings. The molecule has 2 saturated heterocycles. The van der Waals surface area contributed by atoms with Crippen LogP contribution in [0.2, 0.25) is 0 Å². The summed E-state index contributed by atoms with van der Waals surface area (Å²) in [5.41, 5.74) is -1.76. The minimum atomic E-state index is -1.34. The molecule has 0 radical (unpaired) electrons. The Morgan fingerprint density at radius 1 is 1.18 bits per heavy atom. The van der Waals surface area contributed by atoms with E-state index in [1.54, 1.807) is 4.90 Å². The standard InChI is InChI=1S/C29H46N4O7/c1-5-6-7-8-9-12-20-17-29(20,26(37)38)31-25(36)21-13-10-16-33(21)24(35)18-30-27(39)40-22(28(2,3)4)19-32-15-11-14-23(32)34/h9,12,20-22H,5-8,10-11,13-19H2,1-4H3,(H,30,39)(H,31,36)(H,37,38)/b12-9-/t20?,21-,22+,29+/m0/s1. The van der Waals surface area contributed by atoms with E-state index >= 15 is 0 Å². The number of nitrogens with one attached hydrogen (secondary N) is 2. The molecule has 0 aromatic heterocycles. The third-order valence-electron chi connectivity index (χ3n) is 8.12. The monoisotopic (exact) mass is 562 g/mol. The molecule has 2 aliphatic heterocycles. The van der Waals surface area contributed by atoms with Crippen molar-refractivity contribution in [3.8, 4) is 0 Å². The van der Waals surface area contributed by atoms with Crippen LogP contribution < -0.4 is 10.6 Å². The van der Waals surface area contributed by atoms with Gasteiger partial charge in [0.2, 0.25) is 17.7 Å². The first-order valence-electron chi connectivity index (χ1n) is 14.6. The Balaban J connectivity index is 1.51. The van der Waals surface area contributed by atoms with Crippen molar-refractivity contribution in [2.45, 2.75) is 103 Å². The highest BCUT2D eigenvalue weighted by Crippen LogP contribution is 2.45. The van der Waals surface area contributed by atoms with Crippen LogP contribution in [0.3, 0.4) is 0 Å². The minimum absolute atomic E-state index is 0.0389. The molecule has 11 heteroatoms. The Morgan fingerprint density at radius 2 is 1.93 bits per heavy atom. The third kappa shape index (κ3) is 7.97.